The van der Waals surface area contributed by atoms with Gasteiger partial charge in [-0.15, -0.1) is 12.4 Å². The smallest absolute Gasteiger partial charge is 0.223 e. The van der Waals surface area contributed by atoms with Gasteiger partial charge >= 0.3 is 0 Å². The first-order valence-corrected chi connectivity index (χ1v) is 8.01. The van der Waals surface area contributed by atoms with Crippen LogP contribution in [0.1, 0.15) is 44.6 Å². The molecule has 1 saturated carbocycles. The van der Waals surface area contributed by atoms with Crippen molar-refractivity contribution in [1.29, 1.82) is 0 Å². The third kappa shape index (κ3) is 3.66. The zero-order valence-corrected chi connectivity index (χ0v) is 14.0. The zero-order valence-electron chi connectivity index (χ0n) is 13.2. The molecule has 1 aromatic carbocycles. The third-order valence-electron chi connectivity index (χ3n) is 5.01. The van der Waals surface area contributed by atoms with E-state index in [1.807, 2.05) is 0 Å². The van der Waals surface area contributed by atoms with Crippen molar-refractivity contribution in [2.24, 2.45) is 5.92 Å². The number of carbonyl (C=O) groups excluding carboxylic acids is 1. The van der Waals surface area contributed by atoms with E-state index in [9.17, 15) is 13.6 Å². The van der Waals surface area contributed by atoms with E-state index in [1.165, 1.54) is 12.1 Å². The lowest BCUT2D eigenvalue weighted by Crippen LogP contribution is -2.54. The number of piperidine rings is 1. The normalized spacial score (nSPS) is 25.9. The number of hydrogen-bond acceptors (Lipinski definition) is 2. The summed E-state index contributed by atoms with van der Waals surface area (Å²) in [6, 6.07) is 3.95. The first-order chi connectivity index (χ1) is 10.5. The average Bonchev–Trinajstić information content (AvgIpc) is 2.43. The molecule has 3 nitrogen and oxygen atoms in total. The molecular formula is C17H23ClF2N2O. The number of hydrogen-bond donors (Lipinski definition) is 2. The van der Waals surface area contributed by atoms with E-state index in [0.717, 1.165) is 31.9 Å². The molecule has 128 valence electrons. The van der Waals surface area contributed by atoms with Gasteiger partial charge in [0.05, 0.1) is 5.54 Å². The van der Waals surface area contributed by atoms with Gasteiger partial charge in [0, 0.05) is 23.6 Å². The zero-order chi connectivity index (χ0) is 15.7. The summed E-state index contributed by atoms with van der Waals surface area (Å²) in [6.45, 7) is 2.90. The summed E-state index contributed by atoms with van der Waals surface area (Å²) in [4.78, 5) is 12.6. The lowest BCUT2D eigenvalue weighted by molar-refractivity contribution is -0.129. The number of halogens is 3. The Morgan fingerprint density at radius 2 is 2.09 bits per heavy atom. The summed E-state index contributed by atoms with van der Waals surface area (Å²) < 4.78 is 27.2. The van der Waals surface area contributed by atoms with Crippen LogP contribution in [0.4, 0.5) is 8.78 Å². The number of rotatable bonds is 3. The van der Waals surface area contributed by atoms with Crippen molar-refractivity contribution in [3.63, 3.8) is 0 Å². The number of nitrogens with one attached hydrogen (secondary N) is 2. The summed E-state index contributed by atoms with van der Waals surface area (Å²) in [5.74, 6) is -1.19. The van der Waals surface area contributed by atoms with Crippen molar-refractivity contribution < 1.29 is 13.6 Å². The minimum atomic E-state index is -0.650. The predicted octanol–water partition coefficient (Wildman–Crippen LogP) is 3.27. The summed E-state index contributed by atoms with van der Waals surface area (Å²) >= 11 is 0. The minimum absolute atomic E-state index is 0. The van der Waals surface area contributed by atoms with Crippen molar-refractivity contribution in [1.82, 2.24) is 10.6 Å². The fourth-order valence-electron chi connectivity index (χ4n) is 3.58. The first-order valence-electron chi connectivity index (χ1n) is 8.01. The second kappa shape index (κ2) is 7.14. The van der Waals surface area contributed by atoms with Crippen LogP contribution in [0.25, 0.3) is 0 Å². The van der Waals surface area contributed by atoms with Crippen LogP contribution in [0.2, 0.25) is 0 Å². The molecular weight excluding hydrogens is 322 g/mol. The van der Waals surface area contributed by atoms with Gasteiger partial charge in [-0.25, -0.2) is 8.78 Å². The van der Waals surface area contributed by atoms with Crippen LogP contribution in [0.5, 0.6) is 0 Å². The molecule has 0 unspecified atom stereocenters. The van der Waals surface area contributed by atoms with Gasteiger partial charge in [0.15, 0.2) is 0 Å². The first kappa shape index (κ1) is 18.1. The average molecular weight is 345 g/mol. The second-order valence-corrected chi connectivity index (χ2v) is 6.63. The molecule has 2 atom stereocenters. The van der Waals surface area contributed by atoms with Crippen LogP contribution in [-0.4, -0.2) is 18.5 Å². The highest BCUT2D eigenvalue weighted by atomic mass is 35.5. The van der Waals surface area contributed by atoms with Gasteiger partial charge in [-0.05, 0) is 51.6 Å². The Kier molecular flexibility index (Phi) is 5.63. The van der Waals surface area contributed by atoms with Gasteiger partial charge in [-0.2, -0.15) is 0 Å². The van der Waals surface area contributed by atoms with Gasteiger partial charge in [-0.1, -0.05) is 6.07 Å². The van der Waals surface area contributed by atoms with Gasteiger partial charge < -0.3 is 10.6 Å². The standard InChI is InChI=1S/C17H22F2N2O.ClH/c1-11-9-12(5-8-20-11)16(22)21-17(6-2-7-17)14-4-3-13(18)10-15(14)19;/h3-4,10-12,20H,2,5-9H2,1H3,(H,21,22);1H/t11-,12-;/m0./s1. The van der Waals surface area contributed by atoms with E-state index in [4.69, 9.17) is 0 Å². The number of carbonyl (C=O) groups is 1. The van der Waals surface area contributed by atoms with Crippen LogP contribution < -0.4 is 10.6 Å². The van der Waals surface area contributed by atoms with Crippen LogP contribution >= 0.6 is 12.4 Å². The highest BCUT2D eigenvalue weighted by molar-refractivity contribution is 5.85. The van der Waals surface area contributed by atoms with Crippen LogP contribution in [0, 0.1) is 17.6 Å². The molecule has 0 radical (unpaired) electrons. The Morgan fingerprint density at radius 1 is 1.35 bits per heavy atom. The predicted molar refractivity (Wildman–Crippen MR) is 87.5 cm³/mol. The molecule has 0 bridgehead atoms. The van der Waals surface area contributed by atoms with E-state index >= 15 is 0 Å². The Hall–Kier alpha value is -1.20. The van der Waals surface area contributed by atoms with Crippen molar-refractivity contribution in [2.75, 3.05) is 6.54 Å². The molecule has 1 heterocycles. The molecule has 2 fully saturated rings. The Morgan fingerprint density at radius 3 is 2.65 bits per heavy atom. The Bertz CT molecular complexity index is 578. The molecule has 1 aliphatic carbocycles. The molecule has 0 aromatic heterocycles. The monoisotopic (exact) mass is 344 g/mol. The SMILES string of the molecule is C[C@H]1C[C@@H](C(=O)NC2(c3ccc(F)cc3F)CCC2)CCN1.Cl. The van der Waals surface area contributed by atoms with Gasteiger partial charge in [0.25, 0.3) is 0 Å². The highest BCUT2D eigenvalue weighted by Crippen LogP contribution is 2.42. The van der Waals surface area contributed by atoms with Crippen LogP contribution in [-0.2, 0) is 10.3 Å². The van der Waals surface area contributed by atoms with E-state index < -0.39 is 17.2 Å². The summed E-state index contributed by atoms with van der Waals surface area (Å²) in [6.07, 6.45) is 3.97. The second-order valence-electron chi connectivity index (χ2n) is 6.63. The van der Waals surface area contributed by atoms with Crippen molar-refractivity contribution in [2.45, 2.75) is 50.6 Å². The molecule has 6 heteroatoms. The quantitative estimate of drug-likeness (QED) is 0.883. The fraction of sp³-hybridized carbons (Fsp3) is 0.588. The third-order valence-corrected chi connectivity index (χ3v) is 5.01. The van der Waals surface area contributed by atoms with Gasteiger partial charge in [0.2, 0.25) is 5.91 Å². The maximum Gasteiger partial charge on any atom is 0.223 e. The molecule has 23 heavy (non-hydrogen) atoms. The fourth-order valence-corrected chi connectivity index (χ4v) is 3.58. The Balaban J connectivity index is 0.00000192. The molecule has 3 rings (SSSR count). The number of amides is 1. The topological polar surface area (TPSA) is 41.1 Å². The van der Waals surface area contributed by atoms with Crippen molar-refractivity contribution in [3.8, 4) is 0 Å². The van der Waals surface area contributed by atoms with Crippen LogP contribution in [0.15, 0.2) is 18.2 Å². The van der Waals surface area contributed by atoms with E-state index in [2.05, 4.69) is 17.6 Å². The van der Waals surface area contributed by atoms with Gasteiger partial charge in [0.1, 0.15) is 11.6 Å². The van der Waals surface area contributed by atoms with Crippen LogP contribution in [0.3, 0.4) is 0 Å². The van der Waals surface area contributed by atoms with E-state index in [1.54, 1.807) is 0 Å². The largest absolute Gasteiger partial charge is 0.346 e. The molecule has 1 saturated heterocycles. The Labute approximate surface area is 141 Å². The maximum atomic E-state index is 14.1. The molecule has 0 spiro atoms. The molecule has 1 aromatic rings. The van der Waals surface area contributed by atoms with Crippen molar-refractivity contribution >= 4 is 18.3 Å². The summed E-state index contributed by atoms with van der Waals surface area (Å²) in [5, 5.41) is 6.39. The van der Waals surface area contributed by atoms with E-state index in [-0.39, 0.29) is 24.2 Å². The highest BCUT2D eigenvalue weighted by Gasteiger charge is 2.43. The molecule has 2 aliphatic rings. The van der Waals surface area contributed by atoms with E-state index in [0.29, 0.717) is 24.4 Å². The summed E-state index contributed by atoms with van der Waals surface area (Å²) in [7, 11) is 0. The lowest BCUT2D eigenvalue weighted by atomic mass is 9.71. The molecule has 1 aliphatic heterocycles. The van der Waals surface area contributed by atoms with Gasteiger partial charge in [-0.3, -0.25) is 4.79 Å². The minimum Gasteiger partial charge on any atom is -0.346 e. The lowest BCUT2D eigenvalue weighted by Gasteiger charge is -2.44. The summed E-state index contributed by atoms with van der Waals surface area (Å²) in [5.41, 5.74) is -0.237. The molecule has 2 N–H and O–H groups in total. The molecule has 1 amide bonds. The van der Waals surface area contributed by atoms with Crippen molar-refractivity contribution in [3.05, 3.63) is 35.4 Å². The maximum absolute atomic E-state index is 14.1. The number of benzene rings is 1.